The van der Waals surface area contributed by atoms with Gasteiger partial charge < -0.3 is 15.6 Å². The van der Waals surface area contributed by atoms with E-state index in [1.807, 2.05) is 54.7 Å². The summed E-state index contributed by atoms with van der Waals surface area (Å²) in [5, 5.41) is 4.08. The number of amides is 2. The topological polar surface area (TPSA) is 77.1 Å². The Morgan fingerprint density at radius 3 is 2.64 bits per heavy atom. The molecule has 0 saturated heterocycles. The number of primary amides is 1. The van der Waals surface area contributed by atoms with E-state index in [2.05, 4.69) is 16.0 Å². The predicted molar refractivity (Wildman–Crippen MR) is 102 cm³/mol. The minimum Gasteiger partial charge on any atom is -0.369 e. The van der Waals surface area contributed by atoms with Crippen molar-refractivity contribution in [1.29, 1.82) is 0 Å². The van der Waals surface area contributed by atoms with E-state index in [4.69, 9.17) is 5.73 Å². The fraction of sp³-hybridized carbons (Fsp3) is 0.158. The first-order valence-corrected chi connectivity index (χ1v) is 8.96. The maximum absolute atomic E-state index is 12.3. The van der Waals surface area contributed by atoms with Crippen molar-refractivity contribution in [1.82, 2.24) is 4.57 Å². The molecule has 2 aromatic carbocycles. The van der Waals surface area contributed by atoms with Gasteiger partial charge in [0, 0.05) is 29.6 Å². The molecule has 5 nitrogen and oxygen atoms in total. The van der Waals surface area contributed by atoms with Crippen LogP contribution in [0.4, 0.5) is 5.69 Å². The molecular weight excluding hydrogens is 334 g/mol. The summed E-state index contributed by atoms with van der Waals surface area (Å²) in [4.78, 5) is 24.1. The van der Waals surface area contributed by atoms with Crippen molar-refractivity contribution in [2.75, 3.05) is 11.1 Å². The SMILES string of the molecule is NC(=O)CSc1ccccc1NC(=O)CCn1ccc2ccccc21. The lowest BCUT2D eigenvalue weighted by atomic mass is 10.2. The van der Waals surface area contributed by atoms with Gasteiger partial charge in [-0.1, -0.05) is 30.3 Å². The lowest BCUT2D eigenvalue weighted by Crippen LogP contribution is -2.15. The number of rotatable bonds is 7. The number of hydrogen-bond donors (Lipinski definition) is 2. The van der Waals surface area contributed by atoms with Gasteiger partial charge in [0.25, 0.3) is 0 Å². The van der Waals surface area contributed by atoms with Crippen molar-refractivity contribution in [3.63, 3.8) is 0 Å². The maximum Gasteiger partial charge on any atom is 0.227 e. The molecule has 3 N–H and O–H groups in total. The highest BCUT2D eigenvalue weighted by atomic mass is 32.2. The molecule has 0 saturated carbocycles. The van der Waals surface area contributed by atoms with Crippen molar-refractivity contribution >= 4 is 40.2 Å². The van der Waals surface area contributed by atoms with E-state index >= 15 is 0 Å². The number of aromatic nitrogens is 1. The molecule has 6 heteroatoms. The van der Waals surface area contributed by atoms with Crippen LogP contribution < -0.4 is 11.1 Å². The minimum atomic E-state index is -0.384. The van der Waals surface area contributed by atoms with Crippen LogP contribution in [0.15, 0.2) is 65.7 Å². The Hall–Kier alpha value is -2.73. The minimum absolute atomic E-state index is 0.0649. The van der Waals surface area contributed by atoms with Crippen molar-refractivity contribution in [3.8, 4) is 0 Å². The normalized spacial score (nSPS) is 10.7. The van der Waals surface area contributed by atoms with Crippen LogP contribution in [-0.4, -0.2) is 22.1 Å². The fourth-order valence-corrected chi connectivity index (χ4v) is 3.36. The molecule has 128 valence electrons. The molecule has 0 aliphatic heterocycles. The lowest BCUT2D eigenvalue weighted by Gasteiger charge is -2.11. The maximum atomic E-state index is 12.3. The van der Waals surface area contributed by atoms with Gasteiger partial charge in [0.1, 0.15) is 0 Å². The first-order valence-electron chi connectivity index (χ1n) is 7.97. The number of nitrogens with one attached hydrogen (secondary N) is 1. The molecule has 0 unspecified atom stereocenters. The summed E-state index contributed by atoms with van der Waals surface area (Å²) in [6.07, 6.45) is 2.36. The van der Waals surface area contributed by atoms with Gasteiger partial charge in [-0.2, -0.15) is 0 Å². The zero-order chi connectivity index (χ0) is 17.6. The highest BCUT2D eigenvalue weighted by Crippen LogP contribution is 2.26. The van der Waals surface area contributed by atoms with E-state index in [0.717, 1.165) is 15.8 Å². The number of nitrogens with zero attached hydrogens (tertiary/aromatic N) is 1. The number of hydrogen-bond acceptors (Lipinski definition) is 3. The third kappa shape index (κ3) is 4.42. The molecule has 0 spiro atoms. The second-order valence-corrected chi connectivity index (χ2v) is 6.63. The van der Waals surface area contributed by atoms with E-state index in [9.17, 15) is 9.59 Å². The van der Waals surface area contributed by atoms with Gasteiger partial charge in [-0.25, -0.2) is 0 Å². The molecule has 2 amide bonds. The Bertz CT molecular complexity index is 904. The van der Waals surface area contributed by atoms with Gasteiger partial charge in [-0.05, 0) is 29.7 Å². The first-order chi connectivity index (χ1) is 12.1. The average Bonchev–Trinajstić information content (AvgIpc) is 3.02. The second-order valence-electron chi connectivity index (χ2n) is 5.62. The summed E-state index contributed by atoms with van der Waals surface area (Å²) in [6, 6.07) is 17.5. The molecule has 0 bridgehead atoms. The van der Waals surface area contributed by atoms with Crippen LogP contribution >= 0.6 is 11.8 Å². The van der Waals surface area contributed by atoms with Gasteiger partial charge in [-0.3, -0.25) is 9.59 Å². The lowest BCUT2D eigenvalue weighted by molar-refractivity contribution is -0.116. The van der Waals surface area contributed by atoms with E-state index < -0.39 is 0 Å². The molecule has 3 rings (SSSR count). The Morgan fingerprint density at radius 2 is 1.80 bits per heavy atom. The second kappa shape index (κ2) is 7.90. The van der Waals surface area contributed by atoms with E-state index in [-0.39, 0.29) is 17.6 Å². The average molecular weight is 353 g/mol. The number of nitrogens with two attached hydrogens (primary N) is 1. The van der Waals surface area contributed by atoms with Crippen molar-refractivity contribution < 1.29 is 9.59 Å². The number of carbonyl (C=O) groups excluding carboxylic acids is 2. The zero-order valence-corrected chi connectivity index (χ0v) is 14.5. The molecular formula is C19H19N3O2S. The quantitative estimate of drug-likeness (QED) is 0.640. The summed E-state index contributed by atoms with van der Waals surface area (Å²) in [5.74, 6) is -0.266. The third-order valence-electron chi connectivity index (χ3n) is 3.79. The van der Waals surface area contributed by atoms with Gasteiger partial charge in [0.2, 0.25) is 11.8 Å². The highest BCUT2D eigenvalue weighted by molar-refractivity contribution is 8.00. The summed E-state index contributed by atoms with van der Waals surface area (Å²) in [7, 11) is 0. The summed E-state index contributed by atoms with van der Waals surface area (Å²) >= 11 is 1.32. The number of thioether (sulfide) groups is 1. The molecule has 0 radical (unpaired) electrons. The van der Waals surface area contributed by atoms with Crippen LogP contribution in [0.2, 0.25) is 0 Å². The van der Waals surface area contributed by atoms with E-state index in [0.29, 0.717) is 18.7 Å². The number of fused-ring (bicyclic) bond motifs is 1. The molecule has 0 aliphatic carbocycles. The van der Waals surface area contributed by atoms with Crippen molar-refractivity contribution in [2.24, 2.45) is 5.73 Å². The molecule has 0 aliphatic rings. The number of carbonyl (C=O) groups is 2. The van der Waals surface area contributed by atoms with Crippen LogP contribution in [0.5, 0.6) is 0 Å². The van der Waals surface area contributed by atoms with E-state index in [1.165, 1.54) is 11.8 Å². The van der Waals surface area contributed by atoms with Gasteiger partial charge >= 0.3 is 0 Å². The van der Waals surface area contributed by atoms with Crippen LogP contribution in [0.1, 0.15) is 6.42 Å². The molecule has 3 aromatic rings. The van der Waals surface area contributed by atoms with Crippen LogP contribution in [-0.2, 0) is 16.1 Å². The van der Waals surface area contributed by atoms with Crippen molar-refractivity contribution in [2.45, 2.75) is 17.9 Å². The Labute approximate surface area is 150 Å². The smallest absolute Gasteiger partial charge is 0.227 e. The van der Waals surface area contributed by atoms with Gasteiger partial charge in [-0.15, -0.1) is 11.8 Å². The van der Waals surface area contributed by atoms with Gasteiger partial charge in [0.15, 0.2) is 0 Å². The Kier molecular flexibility index (Phi) is 5.40. The highest BCUT2D eigenvalue weighted by Gasteiger charge is 2.09. The summed E-state index contributed by atoms with van der Waals surface area (Å²) in [5.41, 5.74) is 7.01. The van der Waals surface area contributed by atoms with Crippen LogP contribution in [0.3, 0.4) is 0 Å². The Morgan fingerprint density at radius 1 is 1.04 bits per heavy atom. The van der Waals surface area contributed by atoms with Crippen LogP contribution in [0, 0.1) is 0 Å². The number of benzene rings is 2. The third-order valence-corrected chi connectivity index (χ3v) is 4.89. The monoisotopic (exact) mass is 353 g/mol. The molecule has 1 heterocycles. The number of aryl methyl sites for hydroxylation is 1. The Balaban J connectivity index is 1.62. The molecule has 1 aromatic heterocycles. The largest absolute Gasteiger partial charge is 0.369 e. The predicted octanol–water partition coefficient (Wildman–Crippen LogP) is 3.25. The summed E-state index contributed by atoms with van der Waals surface area (Å²) < 4.78 is 2.07. The van der Waals surface area contributed by atoms with Crippen molar-refractivity contribution in [3.05, 3.63) is 60.8 Å². The molecule has 0 fully saturated rings. The number of anilines is 1. The van der Waals surface area contributed by atoms with Gasteiger partial charge in [0.05, 0.1) is 11.4 Å². The summed E-state index contributed by atoms with van der Waals surface area (Å²) in [6.45, 7) is 0.607. The van der Waals surface area contributed by atoms with E-state index in [1.54, 1.807) is 0 Å². The molecule has 0 atom stereocenters. The number of para-hydroxylation sites is 2. The fourth-order valence-electron chi connectivity index (χ4n) is 2.61. The zero-order valence-electron chi connectivity index (χ0n) is 13.6. The standard InChI is InChI=1S/C19H19N3O2S/c20-18(23)13-25-17-8-4-2-6-15(17)21-19(24)10-12-22-11-9-14-5-1-3-7-16(14)22/h1-9,11H,10,12-13H2,(H2,20,23)(H,21,24). The van der Waals surface area contributed by atoms with Crippen LogP contribution in [0.25, 0.3) is 10.9 Å². The molecule has 25 heavy (non-hydrogen) atoms. The first kappa shape index (κ1) is 17.1.